The highest BCUT2D eigenvalue weighted by Gasteiger charge is 2.06. The molecule has 4 heteroatoms. The Bertz CT molecular complexity index is 638. The number of nitrogens with one attached hydrogen (secondary N) is 1. The highest BCUT2D eigenvalue weighted by atomic mass is 32.2. The number of aryl methyl sites for hydroxylation is 2. The Morgan fingerprint density at radius 3 is 2.55 bits per heavy atom. The first-order valence-electron chi connectivity index (χ1n) is 7.28. The van der Waals surface area contributed by atoms with Gasteiger partial charge in [-0.3, -0.25) is 4.79 Å². The number of carbonyl (C=O) groups excluding carboxylic acids is 1. The molecule has 0 saturated heterocycles. The van der Waals surface area contributed by atoms with Crippen LogP contribution >= 0.6 is 11.8 Å². The van der Waals surface area contributed by atoms with Gasteiger partial charge in [0.05, 0.1) is 5.75 Å². The number of hydrogen-bond donors (Lipinski definition) is 2. The number of carbonyl (C=O) groups is 1. The Morgan fingerprint density at radius 2 is 1.86 bits per heavy atom. The maximum absolute atomic E-state index is 12.0. The van der Waals surface area contributed by atoms with Gasteiger partial charge in [-0.15, -0.1) is 11.8 Å². The fourth-order valence-corrected chi connectivity index (χ4v) is 3.01. The molecule has 22 heavy (non-hydrogen) atoms. The number of thioether (sulfide) groups is 1. The second-order valence-electron chi connectivity index (χ2n) is 5.28. The molecule has 0 atom stereocenters. The number of aliphatic hydroxyl groups is 1. The molecule has 2 rings (SSSR count). The van der Waals surface area contributed by atoms with Crippen LogP contribution in [0.2, 0.25) is 0 Å². The van der Waals surface area contributed by atoms with E-state index in [1.165, 1.54) is 11.1 Å². The van der Waals surface area contributed by atoms with Crippen molar-refractivity contribution < 1.29 is 9.90 Å². The summed E-state index contributed by atoms with van der Waals surface area (Å²) in [6.45, 7) is 4.25. The lowest BCUT2D eigenvalue weighted by Gasteiger charge is -2.08. The van der Waals surface area contributed by atoms with Crippen LogP contribution in [0.15, 0.2) is 47.4 Å². The van der Waals surface area contributed by atoms with Crippen molar-refractivity contribution in [3.8, 4) is 0 Å². The molecule has 0 bridgehead atoms. The summed E-state index contributed by atoms with van der Waals surface area (Å²) in [5, 5.41) is 11.8. The van der Waals surface area contributed by atoms with E-state index in [2.05, 4.69) is 37.4 Å². The number of amides is 1. The lowest BCUT2D eigenvalue weighted by Crippen LogP contribution is -2.14. The van der Waals surface area contributed by atoms with Crippen LogP contribution in [0, 0.1) is 13.8 Å². The average molecular weight is 315 g/mol. The van der Waals surface area contributed by atoms with E-state index in [1.54, 1.807) is 11.8 Å². The van der Waals surface area contributed by atoms with Gasteiger partial charge in [-0.25, -0.2) is 0 Å². The summed E-state index contributed by atoms with van der Waals surface area (Å²) in [4.78, 5) is 13.2. The molecule has 0 unspecified atom stereocenters. The minimum Gasteiger partial charge on any atom is -0.396 e. The van der Waals surface area contributed by atoms with E-state index >= 15 is 0 Å². The van der Waals surface area contributed by atoms with Crippen LogP contribution in [0.4, 0.5) is 5.69 Å². The second-order valence-corrected chi connectivity index (χ2v) is 6.29. The summed E-state index contributed by atoms with van der Waals surface area (Å²) in [5.74, 6) is 0.378. The van der Waals surface area contributed by atoms with Crippen molar-refractivity contribution in [3.63, 3.8) is 0 Å². The molecule has 2 N–H and O–H groups in total. The molecule has 0 spiro atoms. The number of anilines is 1. The Morgan fingerprint density at radius 1 is 1.14 bits per heavy atom. The average Bonchev–Trinajstić information content (AvgIpc) is 2.50. The highest BCUT2D eigenvalue weighted by molar-refractivity contribution is 8.00. The minimum atomic E-state index is -0.0131. The van der Waals surface area contributed by atoms with Crippen LogP contribution in [0.3, 0.4) is 0 Å². The second kappa shape index (κ2) is 8.01. The molecule has 2 aromatic rings. The highest BCUT2D eigenvalue weighted by Crippen LogP contribution is 2.23. The van der Waals surface area contributed by atoms with Gasteiger partial charge in [0, 0.05) is 17.2 Å². The van der Waals surface area contributed by atoms with Gasteiger partial charge < -0.3 is 10.4 Å². The lowest BCUT2D eigenvalue weighted by atomic mass is 10.1. The van der Waals surface area contributed by atoms with Crippen molar-refractivity contribution in [2.24, 2.45) is 0 Å². The molecule has 0 saturated carbocycles. The molecule has 0 aromatic heterocycles. The first-order chi connectivity index (χ1) is 10.6. The van der Waals surface area contributed by atoms with E-state index < -0.39 is 0 Å². The summed E-state index contributed by atoms with van der Waals surface area (Å²) in [7, 11) is 0. The van der Waals surface area contributed by atoms with Crippen LogP contribution in [0.25, 0.3) is 0 Å². The predicted molar refractivity (Wildman–Crippen MR) is 92.5 cm³/mol. The van der Waals surface area contributed by atoms with Crippen LogP contribution in [0.5, 0.6) is 0 Å². The number of hydrogen-bond acceptors (Lipinski definition) is 3. The Hall–Kier alpha value is -1.78. The molecule has 1 amide bonds. The van der Waals surface area contributed by atoms with Crippen molar-refractivity contribution in [2.75, 3.05) is 17.7 Å². The van der Waals surface area contributed by atoms with E-state index in [9.17, 15) is 4.79 Å². The van der Waals surface area contributed by atoms with Crippen molar-refractivity contribution in [3.05, 3.63) is 59.2 Å². The zero-order valence-electron chi connectivity index (χ0n) is 12.9. The van der Waals surface area contributed by atoms with Crippen LogP contribution in [0.1, 0.15) is 16.7 Å². The third-order valence-corrected chi connectivity index (χ3v) is 4.50. The molecule has 0 aliphatic rings. The van der Waals surface area contributed by atoms with Gasteiger partial charge in [0.1, 0.15) is 0 Å². The monoisotopic (exact) mass is 315 g/mol. The van der Waals surface area contributed by atoms with Crippen molar-refractivity contribution >= 4 is 23.4 Å². The first kappa shape index (κ1) is 16.6. The van der Waals surface area contributed by atoms with E-state index in [0.29, 0.717) is 12.2 Å². The number of rotatable bonds is 6. The maximum atomic E-state index is 12.0. The number of benzene rings is 2. The van der Waals surface area contributed by atoms with Crippen LogP contribution in [-0.2, 0) is 11.2 Å². The van der Waals surface area contributed by atoms with Gasteiger partial charge in [-0.05, 0) is 49.6 Å². The molecule has 116 valence electrons. The fourth-order valence-electron chi connectivity index (χ4n) is 2.09. The maximum Gasteiger partial charge on any atom is 0.234 e. The normalized spacial score (nSPS) is 10.5. The van der Waals surface area contributed by atoms with Crippen LogP contribution in [-0.4, -0.2) is 23.4 Å². The van der Waals surface area contributed by atoms with Crippen molar-refractivity contribution in [1.82, 2.24) is 0 Å². The molecule has 0 aliphatic heterocycles. The SMILES string of the molecule is Cc1ccc(C)c(SCC(=O)Nc2ccc(CCO)cc2)c1. The van der Waals surface area contributed by atoms with Crippen LogP contribution < -0.4 is 5.32 Å². The van der Waals surface area contributed by atoms with Gasteiger partial charge in [0.15, 0.2) is 0 Å². The summed E-state index contributed by atoms with van der Waals surface area (Å²) in [6, 6.07) is 13.8. The quantitative estimate of drug-likeness (QED) is 0.801. The third kappa shape index (κ3) is 4.90. The van der Waals surface area contributed by atoms with E-state index in [1.807, 2.05) is 24.3 Å². The van der Waals surface area contributed by atoms with Gasteiger partial charge in [-0.1, -0.05) is 29.8 Å². The zero-order valence-corrected chi connectivity index (χ0v) is 13.7. The standard InChI is InChI=1S/C18H21NO2S/c1-13-3-4-14(2)17(11-13)22-12-18(21)19-16-7-5-15(6-8-16)9-10-20/h3-8,11,20H,9-10,12H2,1-2H3,(H,19,21). The summed E-state index contributed by atoms with van der Waals surface area (Å²) >= 11 is 1.55. The minimum absolute atomic E-state index is 0.0131. The Balaban J connectivity index is 1.88. The van der Waals surface area contributed by atoms with Gasteiger partial charge >= 0.3 is 0 Å². The molecule has 0 aliphatic carbocycles. The Labute approximate surface area is 135 Å². The molecule has 2 aromatic carbocycles. The van der Waals surface area contributed by atoms with Gasteiger partial charge in [-0.2, -0.15) is 0 Å². The summed E-state index contributed by atoms with van der Waals surface area (Å²) in [5.41, 5.74) is 4.24. The lowest BCUT2D eigenvalue weighted by molar-refractivity contribution is -0.113. The van der Waals surface area contributed by atoms with Gasteiger partial charge in [0.2, 0.25) is 5.91 Å². The van der Waals surface area contributed by atoms with Crippen molar-refractivity contribution in [2.45, 2.75) is 25.2 Å². The van der Waals surface area contributed by atoms with E-state index in [-0.39, 0.29) is 12.5 Å². The smallest absolute Gasteiger partial charge is 0.234 e. The molecular formula is C18H21NO2S. The Kier molecular flexibility index (Phi) is 6.04. The molecule has 3 nitrogen and oxygen atoms in total. The first-order valence-corrected chi connectivity index (χ1v) is 8.27. The summed E-state index contributed by atoms with van der Waals surface area (Å²) in [6.07, 6.45) is 0.636. The van der Waals surface area contributed by atoms with E-state index in [4.69, 9.17) is 5.11 Å². The molecule has 0 heterocycles. The topological polar surface area (TPSA) is 49.3 Å². The van der Waals surface area contributed by atoms with E-state index in [0.717, 1.165) is 16.1 Å². The number of aliphatic hydroxyl groups excluding tert-OH is 1. The molecule has 0 radical (unpaired) electrons. The summed E-state index contributed by atoms with van der Waals surface area (Å²) < 4.78 is 0. The van der Waals surface area contributed by atoms with Gasteiger partial charge in [0.25, 0.3) is 0 Å². The largest absolute Gasteiger partial charge is 0.396 e. The molecule has 0 fully saturated rings. The predicted octanol–water partition coefficient (Wildman–Crippen LogP) is 3.57. The molecular weight excluding hydrogens is 294 g/mol. The third-order valence-electron chi connectivity index (χ3n) is 3.34. The zero-order chi connectivity index (χ0) is 15.9. The fraction of sp³-hybridized carbons (Fsp3) is 0.278. The van der Waals surface area contributed by atoms with Crippen molar-refractivity contribution in [1.29, 1.82) is 0 Å².